The first kappa shape index (κ1) is 22.7. The van der Waals surface area contributed by atoms with Gasteiger partial charge in [0.2, 0.25) is 11.4 Å². The molecule has 0 spiro atoms. The number of allylic oxidation sites excluding steroid dienone is 5. The number of nitro groups is 2. The van der Waals surface area contributed by atoms with Crippen molar-refractivity contribution in [3.05, 3.63) is 55.9 Å². The zero-order chi connectivity index (χ0) is 18.9. The molecule has 0 aromatic heterocycles. The van der Waals surface area contributed by atoms with Crippen molar-refractivity contribution in [3.63, 3.8) is 0 Å². The van der Waals surface area contributed by atoms with Gasteiger partial charge < -0.3 is 0 Å². The molecule has 0 aliphatic rings. The average molecular weight is 351 g/mol. The number of hydrogen-bond acceptors (Lipinski definition) is 5. The average Bonchev–Trinajstić information content (AvgIpc) is 2.57. The molecule has 25 heavy (non-hydrogen) atoms. The molecule has 0 fully saturated rings. The van der Waals surface area contributed by atoms with Crippen LogP contribution in [0.5, 0.6) is 0 Å². The third-order valence-corrected chi connectivity index (χ3v) is 3.60. The number of nitrogens with zero attached hydrogens (tertiary/aromatic N) is 2. The van der Waals surface area contributed by atoms with E-state index in [0.717, 1.165) is 19.3 Å². The van der Waals surface area contributed by atoms with Crippen LogP contribution in [0.4, 0.5) is 0 Å². The van der Waals surface area contributed by atoms with Crippen LogP contribution >= 0.6 is 0 Å². The molecule has 0 saturated heterocycles. The predicted molar refractivity (Wildman–Crippen MR) is 96.8 cm³/mol. The highest BCUT2D eigenvalue weighted by atomic mass is 16.6. The van der Waals surface area contributed by atoms with Crippen molar-refractivity contribution in [1.29, 1.82) is 0 Å². The molecule has 0 aromatic rings. The molecule has 0 amide bonds. The van der Waals surface area contributed by atoms with Gasteiger partial charge in [0.15, 0.2) is 6.29 Å². The lowest BCUT2D eigenvalue weighted by molar-refractivity contribution is -0.428. The fraction of sp³-hybridized carbons (Fsp3) is 0.611. The molecule has 1 radical (unpaired) electrons. The van der Waals surface area contributed by atoms with Crippen molar-refractivity contribution >= 4 is 6.29 Å². The highest BCUT2D eigenvalue weighted by Crippen LogP contribution is 2.12. The summed E-state index contributed by atoms with van der Waals surface area (Å²) in [7, 11) is 0. The number of hydrogen-bond donors (Lipinski definition) is 0. The molecule has 0 atom stereocenters. The van der Waals surface area contributed by atoms with E-state index in [4.69, 9.17) is 0 Å². The van der Waals surface area contributed by atoms with Crippen LogP contribution in [0.2, 0.25) is 0 Å². The largest absolute Gasteiger partial charge is 0.291 e. The van der Waals surface area contributed by atoms with Gasteiger partial charge in [0.05, 0.1) is 16.3 Å². The molecule has 7 heteroatoms. The van der Waals surface area contributed by atoms with Crippen molar-refractivity contribution in [3.8, 4) is 0 Å². The molecule has 7 nitrogen and oxygen atoms in total. The highest BCUT2D eigenvalue weighted by Gasteiger charge is 2.09. The van der Waals surface area contributed by atoms with E-state index in [1.54, 1.807) is 30.6 Å². The highest BCUT2D eigenvalue weighted by molar-refractivity contribution is 5.50. The van der Waals surface area contributed by atoms with Crippen LogP contribution in [0.1, 0.15) is 71.1 Å². The van der Waals surface area contributed by atoms with E-state index in [1.165, 1.54) is 0 Å². The van der Waals surface area contributed by atoms with Gasteiger partial charge in [-0.1, -0.05) is 31.9 Å². The summed E-state index contributed by atoms with van der Waals surface area (Å²) in [5, 5.41) is 21.9. The molecular formula is C18H27N2O5. The van der Waals surface area contributed by atoms with Crippen LogP contribution < -0.4 is 0 Å². The lowest BCUT2D eigenvalue weighted by Gasteiger charge is -1.97. The second kappa shape index (κ2) is 15.2. The Morgan fingerprint density at radius 1 is 0.960 bits per heavy atom. The Bertz CT molecular complexity index is 510. The minimum absolute atomic E-state index is 0.104. The third kappa shape index (κ3) is 12.7. The monoisotopic (exact) mass is 351 g/mol. The Labute approximate surface area is 148 Å². The van der Waals surface area contributed by atoms with E-state index in [-0.39, 0.29) is 22.7 Å². The summed E-state index contributed by atoms with van der Waals surface area (Å²) in [6, 6.07) is 0. The maximum absolute atomic E-state index is 11.0. The first-order valence-electron chi connectivity index (χ1n) is 8.69. The molecule has 0 heterocycles. The van der Waals surface area contributed by atoms with Crippen LogP contribution in [-0.2, 0) is 4.79 Å². The summed E-state index contributed by atoms with van der Waals surface area (Å²) in [5.74, 6) is 0. The molecule has 0 aromatic carbocycles. The summed E-state index contributed by atoms with van der Waals surface area (Å²) in [5.41, 5.74) is 0.308. The lowest BCUT2D eigenvalue weighted by Crippen LogP contribution is -1.99. The molecule has 139 valence electrons. The first-order chi connectivity index (χ1) is 12.0. The van der Waals surface area contributed by atoms with Gasteiger partial charge in [-0.15, -0.1) is 0 Å². The van der Waals surface area contributed by atoms with Crippen LogP contribution in [0, 0.1) is 20.2 Å². The van der Waals surface area contributed by atoms with Gasteiger partial charge in [-0.2, -0.15) is 0 Å². The van der Waals surface area contributed by atoms with Gasteiger partial charge in [-0.25, -0.2) is 0 Å². The van der Waals surface area contributed by atoms with Gasteiger partial charge in [0, 0.05) is 12.8 Å². The van der Waals surface area contributed by atoms with Crippen LogP contribution in [0.3, 0.4) is 0 Å². The zero-order valence-electron chi connectivity index (χ0n) is 14.8. The topological polar surface area (TPSA) is 103 Å². The SMILES string of the molecule is CCCCC/C(=C\C/C=C\C/C(=C\CCCC[C]=O)[N+](=O)[O-])[N+](=O)[O-]. The summed E-state index contributed by atoms with van der Waals surface area (Å²) in [6.07, 6.45) is 14.4. The van der Waals surface area contributed by atoms with Crippen molar-refractivity contribution in [1.82, 2.24) is 0 Å². The third-order valence-electron chi connectivity index (χ3n) is 3.60. The summed E-state index contributed by atoms with van der Waals surface area (Å²) < 4.78 is 0. The molecule has 0 rings (SSSR count). The Hall–Kier alpha value is -2.31. The van der Waals surface area contributed by atoms with Gasteiger partial charge in [-0.05, 0) is 44.3 Å². The Kier molecular flexibility index (Phi) is 13.8. The van der Waals surface area contributed by atoms with Crippen molar-refractivity contribution in [2.45, 2.75) is 71.1 Å². The molecule has 0 unspecified atom stereocenters. The van der Waals surface area contributed by atoms with Crippen molar-refractivity contribution in [2.24, 2.45) is 0 Å². The molecule has 0 N–H and O–H groups in total. The molecule has 0 aliphatic carbocycles. The molecular weight excluding hydrogens is 324 g/mol. The standard InChI is InChI=1S/C18H27N2O5/c1-2-3-7-12-17(19(22)23)14-9-6-10-15-18(20(24)25)13-8-4-5-11-16-21/h6,10,13-14H,2-5,7-9,11-12,15H2,1H3/b10-6-,17-14+,18-13+. The van der Waals surface area contributed by atoms with Crippen LogP contribution in [0.15, 0.2) is 35.7 Å². The van der Waals surface area contributed by atoms with E-state index in [9.17, 15) is 25.0 Å². The predicted octanol–water partition coefficient (Wildman–Crippen LogP) is 4.89. The minimum atomic E-state index is -0.417. The van der Waals surface area contributed by atoms with Gasteiger partial charge >= 0.3 is 0 Å². The lowest BCUT2D eigenvalue weighted by atomic mass is 10.1. The molecule has 0 aliphatic heterocycles. The zero-order valence-corrected chi connectivity index (χ0v) is 14.8. The summed E-state index contributed by atoms with van der Waals surface area (Å²) in [4.78, 5) is 31.2. The second-order valence-electron chi connectivity index (χ2n) is 5.66. The fourth-order valence-electron chi connectivity index (χ4n) is 2.17. The summed E-state index contributed by atoms with van der Waals surface area (Å²) >= 11 is 0. The van der Waals surface area contributed by atoms with E-state index < -0.39 is 4.92 Å². The van der Waals surface area contributed by atoms with E-state index in [1.807, 2.05) is 6.92 Å². The van der Waals surface area contributed by atoms with Crippen LogP contribution in [0.25, 0.3) is 0 Å². The second-order valence-corrected chi connectivity index (χ2v) is 5.66. The Morgan fingerprint density at radius 3 is 2.28 bits per heavy atom. The maximum atomic E-state index is 11.0. The summed E-state index contributed by atoms with van der Waals surface area (Å²) in [6.45, 7) is 2.04. The van der Waals surface area contributed by atoms with Crippen molar-refractivity contribution in [2.75, 3.05) is 0 Å². The quantitative estimate of drug-likeness (QED) is 0.181. The van der Waals surface area contributed by atoms with Crippen molar-refractivity contribution < 1.29 is 14.6 Å². The fourth-order valence-corrected chi connectivity index (χ4v) is 2.17. The van der Waals surface area contributed by atoms with E-state index in [0.29, 0.717) is 38.5 Å². The first-order valence-corrected chi connectivity index (χ1v) is 8.69. The van der Waals surface area contributed by atoms with E-state index >= 15 is 0 Å². The van der Waals surface area contributed by atoms with Crippen LogP contribution in [-0.4, -0.2) is 16.1 Å². The minimum Gasteiger partial charge on any atom is -0.291 e. The Morgan fingerprint density at radius 2 is 1.68 bits per heavy atom. The van der Waals surface area contributed by atoms with Gasteiger partial charge in [0.1, 0.15) is 0 Å². The number of carbonyl (C=O) groups excluding carboxylic acids is 1. The van der Waals surface area contributed by atoms with Gasteiger partial charge in [0.25, 0.3) is 0 Å². The molecule has 0 saturated carbocycles. The van der Waals surface area contributed by atoms with Gasteiger partial charge in [-0.3, -0.25) is 25.0 Å². The number of rotatable bonds is 15. The normalized spacial score (nSPS) is 12.5. The molecule has 0 bridgehead atoms. The Balaban J connectivity index is 4.40. The number of unbranched alkanes of at least 4 members (excludes halogenated alkanes) is 5. The maximum Gasteiger partial charge on any atom is 0.246 e. The smallest absolute Gasteiger partial charge is 0.246 e. The van der Waals surface area contributed by atoms with E-state index in [2.05, 4.69) is 0 Å².